The number of para-hydroxylation sites is 2. The van der Waals surface area contributed by atoms with E-state index in [1.54, 1.807) is 14.2 Å². The summed E-state index contributed by atoms with van der Waals surface area (Å²) in [6.07, 6.45) is 5.13. The van der Waals surface area contributed by atoms with Crippen LogP contribution in [0.25, 0.3) is 0 Å². The first-order chi connectivity index (χ1) is 10.7. The minimum Gasteiger partial charge on any atom is -0.493 e. The average Bonchev–Trinajstić information content (AvgIpc) is 2.54. The van der Waals surface area contributed by atoms with Crippen molar-refractivity contribution in [1.29, 1.82) is 0 Å². The Morgan fingerprint density at radius 3 is 2.57 bits per heavy atom. The van der Waals surface area contributed by atoms with Gasteiger partial charge in [-0.15, -0.1) is 24.0 Å². The van der Waals surface area contributed by atoms with E-state index in [1.165, 1.54) is 0 Å². The van der Waals surface area contributed by atoms with Crippen molar-refractivity contribution >= 4 is 29.9 Å². The molecule has 5 nitrogen and oxygen atoms in total. The van der Waals surface area contributed by atoms with Gasteiger partial charge >= 0.3 is 0 Å². The Morgan fingerprint density at radius 2 is 1.96 bits per heavy atom. The van der Waals surface area contributed by atoms with Gasteiger partial charge < -0.3 is 20.1 Å². The van der Waals surface area contributed by atoms with Gasteiger partial charge in [0.05, 0.1) is 13.7 Å². The topological polar surface area (TPSA) is 54.9 Å². The first-order valence-electron chi connectivity index (χ1n) is 7.56. The number of methoxy groups -OCH3 is 1. The lowest BCUT2D eigenvalue weighted by Gasteiger charge is -2.18. The Labute approximate surface area is 156 Å². The lowest BCUT2D eigenvalue weighted by Crippen LogP contribution is -2.42. The van der Waals surface area contributed by atoms with Crippen LogP contribution in [0.4, 0.5) is 0 Å². The van der Waals surface area contributed by atoms with E-state index >= 15 is 0 Å². The molecule has 1 atom stereocenters. The summed E-state index contributed by atoms with van der Waals surface area (Å²) >= 11 is 0. The van der Waals surface area contributed by atoms with Crippen molar-refractivity contribution in [2.75, 3.05) is 27.2 Å². The van der Waals surface area contributed by atoms with Gasteiger partial charge in [0.1, 0.15) is 6.10 Å². The van der Waals surface area contributed by atoms with Gasteiger partial charge in [-0.05, 0) is 32.4 Å². The molecule has 1 aromatic carbocycles. The van der Waals surface area contributed by atoms with E-state index in [1.807, 2.05) is 44.2 Å². The van der Waals surface area contributed by atoms with Crippen LogP contribution in [0.1, 0.15) is 20.3 Å². The van der Waals surface area contributed by atoms with Crippen LogP contribution >= 0.6 is 24.0 Å². The molecule has 0 saturated heterocycles. The van der Waals surface area contributed by atoms with Crippen LogP contribution in [-0.4, -0.2) is 39.3 Å². The molecule has 1 aromatic rings. The highest BCUT2D eigenvalue weighted by Crippen LogP contribution is 2.26. The number of hydrogen-bond donors (Lipinski definition) is 2. The molecule has 1 unspecified atom stereocenters. The van der Waals surface area contributed by atoms with E-state index in [-0.39, 0.29) is 30.1 Å². The molecular formula is C17H28IN3O2. The maximum atomic E-state index is 5.89. The molecule has 0 aliphatic rings. The number of hydrogen-bond acceptors (Lipinski definition) is 3. The van der Waals surface area contributed by atoms with Crippen LogP contribution in [-0.2, 0) is 0 Å². The van der Waals surface area contributed by atoms with Crippen LogP contribution in [0.3, 0.4) is 0 Å². The molecule has 23 heavy (non-hydrogen) atoms. The van der Waals surface area contributed by atoms with Crippen molar-refractivity contribution in [2.24, 2.45) is 4.99 Å². The number of allylic oxidation sites excluding steroid dienone is 1. The fraction of sp³-hybridized carbons (Fsp3) is 0.471. The van der Waals surface area contributed by atoms with Gasteiger partial charge in [-0.3, -0.25) is 4.99 Å². The van der Waals surface area contributed by atoms with Gasteiger partial charge in [0.15, 0.2) is 17.5 Å². The van der Waals surface area contributed by atoms with E-state index in [2.05, 4.69) is 21.7 Å². The van der Waals surface area contributed by atoms with Crippen LogP contribution in [0.15, 0.2) is 41.4 Å². The Morgan fingerprint density at radius 1 is 1.26 bits per heavy atom. The maximum Gasteiger partial charge on any atom is 0.191 e. The second-order valence-corrected chi connectivity index (χ2v) is 4.82. The summed E-state index contributed by atoms with van der Waals surface area (Å²) in [4.78, 5) is 4.19. The highest BCUT2D eigenvalue weighted by atomic mass is 127. The molecule has 0 aliphatic carbocycles. The number of guanidine groups is 1. The SMILES string of the molecule is C/C=C/CCNC(=NC)NCC(C)Oc1ccccc1OC.I. The van der Waals surface area contributed by atoms with Gasteiger partial charge in [0.25, 0.3) is 0 Å². The molecular weight excluding hydrogens is 405 g/mol. The Bertz CT molecular complexity index is 492. The van der Waals surface area contributed by atoms with E-state index in [0.717, 1.165) is 30.4 Å². The lowest BCUT2D eigenvalue weighted by atomic mass is 10.3. The number of benzene rings is 1. The Balaban J connectivity index is 0.00000484. The number of nitrogens with one attached hydrogen (secondary N) is 2. The third kappa shape index (κ3) is 8.68. The third-order valence-corrected chi connectivity index (χ3v) is 3.02. The molecule has 0 amide bonds. The van der Waals surface area contributed by atoms with Crippen LogP contribution in [0.5, 0.6) is 11.5 Å². The summed E-state index contributed by atoms with van der Waals surface area (Å²) in [7, 11) is 3.40. The first kappa shape index (κ1) is 21.6. The zero-order chi connectivity index (χ0) is 16.2. The smallest absolute Gasteiger partial charge is 0.191 e. The van der Waals surface area contributed by atoms with E-state index in [9.17, 15) is 0 Å². The summed E-state index contributed by atoms with van der Waals surface area (Å²) in [5.41, 5.74) is 0. The summed E-state index contributed by atoms with van der Waals surface area (Å²) < 4.78 is 11.2. The van der Waals surface area contributed by atoms with Crippen LogP contribution < -0.4 is 20.1 Å². The minimum absolute atomic E-state index is 0. The molecule has 0 fully saturated rings. The number of rotatable bonds is 8. The quantitative estimate of drug-likeness (QED) is 0.217. The molecule has 0 bridgehead atoms. The molecule has 130 valence electrons. The van der Waals surface area contributed by atoms with Crippen molar-refractivity contribution in [2.45, 2.75) is 26.4 Å². The molecule has 0 heterocycles. The average molecular weight is 433 g/mol. The van der Waals surface area contributed by atoms with Crippen molar-refractivity contribution in [1.82, 2.24) is 10.6 Å². The standard InChI is InChI=1S/C17H27N3O2.HI/c1-5-6-9-12-19-17(18-3)20-13-14(2)22-16-11-8-7-10-15(16)21-4;/h5-8,10-11,14H,9,12-13H2,1-4H3,(H2,18,19,20);1H/b6-5+;. The predicted octanol–water partition coefficient (Wildman–Crippen LogP) is 3.21. The normalized spacial score (nSPS) is 12.4. The maximum absolute atomic E-state index is 5.89. The highest BCUT2D eigenvalue weighted by molar-refractivity contribution is 14.0. The summed E-state index contributed by atoms with van der Waals surface area (Å²) in [6.45, 7) is 5.53. The molecule has 2 N–H and O–H groups in total. The summed E-state index contributed by atoms with van der Waals surface area (Å²) in [5, 5.41) is 6.51. The fourth-order valence-corrected chi connectivity index (χ4v) is 1.88. The molecule has 0 spiro atoms. The van der Waals surface area contributed by atoms with Crippen molar-refractivity contribution in [3.05, 3.63) is 36.4 Å². The third-order valence-electron chi connectivity index (χ3n) is 3.02. The highest BCUT2D eigenvalue weighted by Gasteiger charge is 2.09. The van der Waals surface area contributed by atoms with Gasteiger partial charge in [-0.1, -0.05) is 24.3 Å². The van der Waals surface area contributed by atoms with Gasteiger partial charge in [-0.25, -0.2) is 0 Å². The summed E-state index contributed by atoms with van der Waals surface area (Å²) in [5.74, 6) is 2.26. The van der Waals surface area contributed by atoms with E-state index in [4.69, 9.17) is 9.47 Å². The Hall–Kier alpha value is -1.44. The fourth-order valence-electron chi connectivity index (χ4n) is 1.88. The largest absolute Gasteiger partial charge is 0.493 e. The van der Waals surface area contributed by atoms with Crippen LogP contribution in [0, 0.1) is 0 Å². The van der Waals surface area contributed by atoms with Crippen molar-refractivity contribution in [3.8, 4) is 11.5 Å². The lowest BCUT2D eigenvalue weighted by molar-refractivity contribution is 0.213. The second kappa shape index (κ2) is 13.0. The molecule has 0 aliphatic heterocycles. The number of ether oxygens (including phenoxy) is 2. The number of halogens is 1. The van der Waals surface area contributed by atoms with Crippen molar-refractivity contribution in [3.63, 3.8) is 0 Å². The van der Waals surface area contributed by atoms with Crippen molar-refractivity contribution < 1.29 is 9.47 Å². The van der Waals surface area contributed by atoms with Gasteiger partial charge in [0.2, 0.25) is 0 Å². The molecule has 6 heteroatoms. The second-order valence-electron chi connectivity index (χ2n) is 4.82. The molecule has 0 saturated carbocycles. The molecule has 0 aromatic heterocycles. The number of aliphatic imine (C=N–C) groups is 1. The monoisotopic (exact) mass is 433 g/mol. The minimum atomic E-state index is -0.00890. The van der Waals surface area contributed by atoms with Gasteiger partial charge in [0, 0.05) is 13.6 Å². The predicted molar refractivity (Wildman–Crippen MR) is 107 cm³/mol. The van der Waals surface area contributed by atoms with Gasteiger partial charge in [-0.2, -0.15) is 0 Å². The number of nitrogens with zero attached hydrogens (tertiary/aromatic N) is 1. The zero-order valence-electron chi connectivity index (χ0n) is 14.3. The summed E-state index contributed by atoms with van der Waals surface area (Å²) in [6, 6.07) is 7.64. The van der Waals surface area contributed by atoms with E-state index in [0.29, 0.717) is 6.54 Å². The molecule has 0 radical (unpaired) electrons. The Kier molecular flexibility index (Phi) is 12.2. The van der Waals surface area contributed by atoms with Crippen LogP contribution in [0.2, 0.25) is 0 Å². The van der Waals surface area contributed by atoms with E-state index < -0.39 is 0 Å². The first-order valence-corrected chi connectivity index (χ1v) is 7.56. The molecule has 1 rings (SSSR count). The zero-order valence-corrected chi connectivity index (χ0v) is 16.7.